The maximum atomic E-state index is 12.1. The van der Waals surface area contributed by atoms with Crippen LogP contribution in [0, 0.1) is 11.3 Å². The van der Waals surface area contributed by atoms with Gasteiger partial charge in [0.15, 0.2) is 0 Å². The lowest BCUT2D eigenvalue weighted by atomic mass is 10.1. The Balaban J connectivity index is 1.62. The molecule has 0 aliphatic carbocycles. The second kappa shape index (κ2) is 7.13. The molecule has 0 saturated carbocycles. The molecule has 0 spiro atoms. The second-order valence-electron chi connectivity index (χ2n) is 5.13. The van der Waals surface area contributed by atoms with E-state index in [1.807, 2.05) is 22.9 Å². The van der Waals surface area contributed by atoms with Crippen LogP contribution in [0.3, 0.4) is 0 Å². The topological polar surface area (TPSA) is 86.3 Å². The molecule has 2 aromatic heterocycles. The number of benzene rings is 1. The van der Waals surface area contributed by atoms with Crippen LogP contribution in [0.25, 0.3) is 11.3 Å². The van der Waals surface area contributed by atoms with Crippen LogP contribution in [-0.4, -0.2) is 17.6 Å². The van der Waals surface area contributed by atoms with Crippen LogP contribution in [0.4, 0.5) is 0 Å². The minimum atomic E-state index is -0.944. The molecule has 120 valence electrons. The highest BCUT2D eigenvalue weighted by molar-refractivity contribution is 7.08. The minimum Gasteiger partial charge on any atom is -0.458 e. The van der Waals surface area contributed by atoms with Gasteiger partial charge in [-0.25, -0.2) is 0 Å². The summed E-state index contributed by atoms with van der Waals surface area (Å²) in [5.74, 6) is 0.719. The zero-order chi connectivity index (χ0) is 16.9. The molecular weight excluding hydrogens is 324 g/mol. The highest BCUT2D eigenvalue weighted by Gasteiger charge is 2.15. The van der Waals surface area contributed by atoms with Gasteiger partial charge in [-0.2, -0.15) is 16.6 Å². The molecule has 1 unspecified atom stereocenters. The van der Waals surface area contributed by atoms with E-state index in [0.29, 0.717) is 22.6 Å². The number of nitrogens with one attached hydrogen (secondary N) is 1. The molecule has 0 radical (unpaired) electrons. The van der Waals surface area contributed by atoms with Crippen molar-refractivity contribution in [3.8, 4) is 17.4 Å². The Kier molecular flexibility index (Phi) is 4.75. The number of nitriles is 1. The fourth-order valence-corrected chi connectivity index (χ4v) is 2.86. The van der Waals surface area contributed by atoms with Gasteiger partial charge in [-0.1, -0.05) is 6.07 Å². The van der Waals surface area contributed by atoms with Crippen molar-refractivity contribution in [2.45, 2.75) is 6.10 Å². The van der Waals surface area contributed by atoms with E-state index in [2.05, 4.69) is 5.32 Å². The monoisotopic (exact) mass is 338 g/mol. The molecule has 3 rings (SSSR count). The van der Waals surface area contributed by atoms with Crippen molar-refractivity contribution in [1.82, 2.24) is 5.32 Å². The van der Waals surface area contributed by atoms with Crippen LogP contribution in [0.2, 0.25) is 0 Å². The summed E-state index contributed by atoms with van der Waals surface area (Å²) in [6.45, 7) is 0.0200. The van der Waals surface area contributed by atoms with Crippen LogP contribution >= 0.6 is 11.3 Å². The second-order valence-corrected chi connectivity index (χ2v) is 5.91. The number of thiophene rings is 1. The Bertz CT molecular complexity index is 878. The summed E-state index contributed by atoms with van der Waals surface area (Å²) >= 11 is 1.56. The predicted molar refractivity (Wildman–Crippen MR) is 90.5 cm³/mol. The van der Waals surface area contributed by atoms with Crippen molar-refractivity contribution in [2.75, 3.05) is 6.54 Å². The number of carbonyl (C=O) groups excluding carboxylic acids is 1. The summed E-state index contributed by atoms with van der Waals surface area (Å²) in [6.07, 6.45) is -0.944. The third kappa shape index (κ3) is 3.54. The largest absolute Gasteiger partial charge is 0.458 e. The summed E-state index contributed by atoms with van der Waals surface area (Å²) in [6, 6.07) is 13.8. The lowest BCUT2D eigenvalue weighted by molar-refractivity contribution is 0.0901. The van der Waals surface area contributed by atoms with Crippen LogP contribution in [0.15, 0.2) is 57.6 Å². The molecule has 24 heavy (non-hydrogen) atoms. The van der Waals surface area contributed by atoms with Crippen molar-refractivity contribution >= 4 is 17.2 Å². The predicted octanol–water partition coefficient (Wildman–Crippen LogP) is 3.34. The maximum Gasteiger partial charge on any atom is 0.251 e. The van der Waals surface area contributed by atoms with E-state index in [4.69, 9.17) is 9.68 Å². The molecule has 0 bridgehead atoms. The van der Waals surface area contributed by atoms with Crippen molar-refractivity contribution < 1.29 is 14.3 Å². The number of hydrogen-bond acceptors (Lipinski definition) is 5. The highest BCUT2D eigenvalue weighted by atomic mass is 32.1. The van der Waals surface area contributed by atoms with Gasteiger partial charge in [0.05, 0.1) is 18.2 Å². The first-order valence-electron chi connectivity index (χ1n) is 7.26. The van der Waals surface area contributed by atoms with E-state index in [-0.39, 0.29) is 12.5 Å². The molecule has 5 nitrogen and oxygen atoms in total. The van der Waals surface area contributed by atoms with Crippen molar-refractivity contribution in [1.29, 1.82) is 5.26 Å². The van der Waals surface area contributed by atoms with E-state index in [1.54, 1.807) is 41.7 Å². The van der Waals surface area contributed by atoms with Gasteiger partial charge in [-0.05, 0) is 41.8 Å². The molecule has 0 aliphatic heterocycles. The maximum absolute atomic E-state index is 12.1. The lowest BCUT2D eigenvalue weighted by Gasteiger charge is -2.10. The first-order chi connectivity index (χ1) is 11.7. The first kappa shape index (κ1) is 16.0. The van der Waals surface area contributed by atoms with Gasteiger partial charge in [0.2, 0.25) is 0 Å². The molecule has 1 amide bonds. The Labute approximate surface area is 142 Å². The minimum absolute atomic E-state index is 0.0200. The zero-order valence-corrected chi connectivity index (χ0v) is 13.4. The van der Waals surface area contributed by atoms with Gasteiger partial charge in [-0.3, -0.25) is 4.79 Å². The Hall–Kier alpha value is -2.88. The molecule has 0 fully saturated rings. The Morgan fingerprint density at radius 2 is 2.21 bits per heavy atom. The summed E-state index contributed by atoms with van der Waals surface area (Å²) in [5, 5.41) is 25.6. The third-order valence-corrected chi connectivity index (χ3v) is 4.15. The first-order valence-corrected chi connectivity index (χ1v) is 8.20. The van der Waals surface area contributed by atoms with Gasteiger partial charge in [0.1, 0.15) is 17.6 Å². The number of hydrogen-bond donors (Lipinski definition) is 2. The molecule has 2 N–H and O–H groups in total. The summed E-state index contributed by atoms with van der Waals surface area (Å²) in [4.78, 5) is 12.1. The smallest absolute Gasteiger partial charge is 0.251 e. The Morgan fingerprint density at radius 3 is 2.96 bits per heavy atom. The molecule has 1 atom stereocenters. The number of nitrogens with zero attached hydrogens (tertiary/aromatic N) is 1. The van der Waals surface area contributed by atoms with Crippen molar-refractivity contribution in [2.24, 2.45) is 0 Å². The normalized spacial score (nSPS) is 11.7. The third-order valence-electron chi connectivity index (χ3n) is 3.47. The van der Waals surface area contributed by atoms with Crippen molar-refractivity contribution in [3.05, 3.63) is 70.1 Å². The number of furan rings is 1. The number of aliphatic hydroxyl groups is 1. The van der Waals surface area contributed by atoms with Crippen LogP contribution in [0.5, 0.6) is 0 Å². The molecular formula is C18H14N2O3S. The number of rotatable bonds is 5. The van der Waals surface area contributed by atoms with Crippen LogP contribution in [0.1, 0.15) is 27.8 Å². The van der Waals surface area contributed by atoms with E-state index >= 15 is 0 Å². The Morgan fingerprint density at radius 1 is 1.33 bits per heavy atom. The SMILES string of the molecule is N#Cc1cccc(C(=O)NCC(O)c2ccc(-c3ccsc3)o2)c1. The molecule has 6 heteroatoms. The highest BCUT2D eigenvalue weighted by Crippen LogP contribution is 2.26. The molecule has 3 aromatic rings. The molecule has 1 aromatic carbocycles. The molecule has 0 saturated heterocycles. The summed E-state index contributed by atoms with van der Waals surface area (Å²) < 4.78 is 5.63. The van der Waals surface area contributed by atoms with E-state index in [1.165, 1.54) is 6.07 Å². The average molecular weight is 338 g/mol. The standard InChI is InChI=1S/C18H14N2O3S/c19-9-12-2-1-3-13(8-12)18(22)20-10-15(21)17-5-4-16(23-17)14-6-7-24-11-14/h1-8,11,15,21H,10H2,(H,20,22). The van der Waals surface area contributed by atoms with E-state index in [9.17, 15) is 9.90 Å². The van der Waals surface area contributed by atoms with Gasteiger partial charge in [0.25, 0.3) is 5.91 Å². The van der Waals surface area contributed by atoms with Gasteiger partial charge < -0.3 is 14.8 Å². The fraction of sp³-hybridized carbons (Fsp3) is 0.111. The quantitative estimate of drug-likeness (QED) is 0.747. The summed E-state index contributed by atoms with van der Waals surface area (Å²) in [7, 11) is 0. The van der Waals surface area contributed by atoms with E-state index in [0.717, 1.165) is 5.56 Å². The number of aliphatic hydroxyl groups excluding tert-OH is 1. The number of amides is 1. The van der Waals surface area contributed by atoms with Gasteiger partial charge in [-0.15, -0.1) is 0 Å². The van der Waals surface area contributed by atoms with E-state index < -0.39 is 6.10 Å². The fourth-order valence-electron chi connectivity index (χ4n) is 2.21. The van der Waals surface area contributed by atoms with Crippen LogP contribution in [-0.2, 0) is 0 Å². The van der Waals surface area contributed by atoms with Gasteiger partial charge in [0, 0.05) is 16.5 Å². The average Bonchev–Trinajstić information content (AvgIpc) is 3.30. The zero-order valence-electron chi connectivity index (χ0n) is 12.6. The van der Waals surface area contributed by atoms with Crippen LogP contribution < -0.4 is 5.32 Å². The summed E-state index contributed by atoms with van der Waals surface area (Å²) in [5.41, 5.74) is 1.74. The lowest BCUT2D eigenvalue weighted by Crippen LogP contribution is -2.28. The molecule has 2 heterocycles. The molecule has 0 aliphatic rings. The number of carbonyl (C=O) groups is 1. The van der Waals surface area contributed by atoms with Crippen molar-refractivity contribution in [3.63, 3.8) is 0 Å². The van der Waals surface area contributed by atoms with Gasteiger partial charge >= 0.3 is 0 Å².